The van der Waals surface area contributed by atoms with Gasteiger partial charge in [-0.1, -0.05) is 30.3 Å². The molecule has 0 fully saturated rings. The van der Waals surface area contributed by atoms with Gasteiger partial charge in [0, 0.05) is 29.0 Å². The van der Waals surface area contributed by atoms with Crippen LogP contribution >= 0.6 is 0 Å². The highest BCUT2D eigenvalue weighted by Crippen LogP contribution is 2.39. The van der Waals surface area contributed by atoms with E-state index < -0.39 is 28.0 Å². The monoisotopic (exact) mass is 469 g/mol. The fourth-order valence-corrected chi connectivity index (χ4v) is 3.73. The summed E-state index contributed by atoms with van der Waals surface area (Å²) in [5.41, 5.74) is 0.303. The zero-order chi connectivity index (χ0) is 24.6. The first-order valence-corrected chi connectivity index (χ1v) is 10.2. The van der Waals surface area contributed by atoms with Crippen molar-refractivity contribution < 1.29 is 27.2 Å². The molecule has 0 unspecified atom stereocenters. The average molecular weight is 469 g/mol. The maximum atomic E-state index is 13.0. The summed E-state index contributed by atoms with van der Waals surface area (Å²) in [6, 6.07) is 14.7. The van der Waals surface area contributed by atoms with Crippen LogP contribution in [0.25, 0.3) is 11.0 Å². The van der Waals surface area contributed by atoms with Crippen molar-refractivity contribution >= 4 is 16.7 Å². The minimum Gasteiger partial charge on any atom is -0.450 e. The first kappa shape index (κ1) is 23.0. The van der Waals surface area contributed by atoms with E-state index in [1.165, 1.54) is 0 Å². The van der Waals surface area contributed by atoms with Gasteiger partial charge >= 0.3 is 17.5 Å². The summed E-state index contributed by atoms with van der Waals surface area (Å²) in [5.74, 6) is -0.242. The van der Waals surface area contributed by atoms with Crippen LogP contribution in [0.2, 0.25) is 0 Å². The van der Waals surface area contributed by atoms with Gasteiger partial charge in [0.2, 0.25) is 5.75 Å². The molecule has 174 valence electrons. The van der Waals surface area contributed by atoms with Gasteiger partial charge in [0.1, 0.15) is 11.3 Å². The van der Waals surface area contributed by atoms with Gasteiger partial charge in [-0.25, -0.2) is 4.79 Å². The Bertz CT molecular complexity index is 1460. The van der Waals surface area contributed by atoms with Gasteiger partial charge in [0.05, 0.1) is 10.5 Å². The van der Waals surface area contributed by atoms with E-state index in [9.17, 15) is 28.1 Å². The van der Waals surface area contributed by atoms with Crippen molar-refractivity contribution in [2.45, 2.75) is 26.4 Å². The number of fused-ring (bicyclic) bond motifs is 1. The molecule has 0 aliphatic carbocycles. The van der Waals surface area contributed by atoms with E-state index >= 15 is 0 Å². The maximum Gasteiger partial charge on any atom is 0.416 e. The third kappa shape index (κ3) is 4.36. The topological polar surface area (TPSA) is 82.6 Å². The minimum atomic E-state index is -4.74. The lowest BCUT2D eigenvalue weighted by atomic mass is 9.98. The molecule has 0 aliphatic heterocycles. The van der Waals surface area contributed by atoms with Crippen LogP contribution < -0.4 is 10.4 Å². The molecular weight excluding hydrogens is 451 g/mol. The number of nitrogens with zero attached hydrogens (tertiary/aromatic N) is 1. The number of rotatable bonds is 5. The molecule has 6 nitrogen and oxygen atoms in total. The Labute approximate surface area is 191 Å². The van der Waals surface area contributed by atoms with E-state index in [4.69, 9.17) is 9.15 Å². The molecule has 9 heteroatoms. The lowest BCUT2D eigenvalue weighted by molar-refractivity contribution is -0.385. The largest absolute Gasteiger partial charge is 0.450 e. The summed E-state index contributed by atoms with van der Waals surface area (Å²) >= 11 is 0. The van der Waals surface area contributed by atoms with Crippen molar-refractivity contribution in [1.29, 1.82) is 0 Å². The van der Waals surface area contributed by atoms with E-state index in [1.807, 2.05) is 30.3 Å². The second kappa shape index (κ2) is 8.66. The predicted molar refractivity (Wildman–Crippen MR) is 119 cm³/mol. The number of aryl methyl sites for hydroxylation is 2. The molecule has 4 rings (SSSR count). The number of halogens is 3. The highest BCUT2D eigenvalue weighted by molar-refractivity contribution is 5.85. The van der Waals surface area contributed by atoms with Crippen LogP contribution in [0.5, 0.6) is 11.5 Å². The van der Waals surface area contributed by atoms with Gasteiger partial charge < -0.3 is 9.15 Å². The van der Waals surface area contributed by atoms with Crippen molar-refractivity contribution in [1.82, 2.24) is 0 Å². The van der Waals surface area contributed by atoms with Gasteiger partial charge in [-0.3, -0.25) is 10.1 Å². The zero-order valence-corrected chi connectivity index (χ0v) is 18.1. The third-order valence-corrected chi connectivity index (χ3v) is 5.58. The molecule has 0 bridgehead atoms. The number of hydrogen-bond acceptors (Lipinski definition) is 5. The normalized spacial score (nSPS) is 11.6. The fraction of sp³-hybridized carbons (Fsp3) is 0.160. The zero-order valence-electron chi connectivity index (χ0n) is 18.1. The summed E-state index contributed by atoms with van der Waals surface area (Å²) in [6.45, 7) is 3.41. The molecule has 0 saturated carbocycles. The van der Waals surface area contributed by atoms with Crippen LogP contribution in [0.15, 0.2) is 69.9 Å². The summed E-state index contributed by atoms with van der Waals surface area (Å²) in [6.07, 6.45) is -4.35. The summed E-state index contributed by atoms with van der Waals surface area (Å²) in [7, 11) is 0. The smallest absolute Gasteiger partial charge is 0.416 e. The minimum absolute atomic E-state index is 0.119. The van der Waals surface area contributed by atoms with Crippen LogP contribution in [0.3, 0.4) is 0 Å². The fourth-order valence-electron chi connectivity index (χ4n) is 3.73. The molecule has 1 heterocycles. The quantitative estimate of drug-likeness (QED) is 0.184. The predicted octanol–water partition coefficient (Wildman–Crippen LogP) is 6.72. The number of hydrogen-bond donors (Lipinski definition) is 0. The lowest BCUT2D eigenvalue weighted by Crippen LogP contribution is -2.11. The number of benzene rings is 3. The molecule has 3 aromatic carbocycles. The SMILES string of the molecule is Cc1c(Cc2ccccc2)c(=O)oc2c(C)c(Oc3ccc(C(F)(F)F)cc3[N+](=O)[O-])ccc12. The van der Waals surface area contributed by atoms with Crippen LogP contribution in [-0.2, 0) is 12.6 Å². The molecule has 1 aromatic heterocycles. The molecule has 0 N–H and O–H groups in total. The second-order valence-corrected chi connectivity index (χ2v) is 7.76. The average Bonchev–Trinajstić information content (AvgIpc) is 2.79. The molecule has 4 aromatic rings. The number of nitro groups is 1. The highest BCUT2D eigenvalue weighted by Gasteiger charge is 2.33. The standard InChI is InChI=1S/C25H18F3NO5/c1-14-18-9-11-21(33-22-10-8-17(25(26,27)28)13-20(22)29(31)32)15(2)23(18)34-24(30)19(14)12-16-6-4-3-5-7-16/h3-11,13H,12H2,1-2H3. The molecule has 0 radical (unpaired) electrons. The van der Waals surface area contributed by atoms with Crippen LogP contribution in [0.1, 0.15) is 27.8 Å². The maximum absolute atomic E-state index is 13.0. The summed E-state index contributed by atoms with van der Waals surface area (Å²) in [4.78, 5) is 23.2. The Balaban J connectivity index is 1.76. The van der Waals surface area contributed by atoms with Crippen LogP contribution in [-0.4, -0.2) is 4.92 Å². The van der Waals surface area contributed by atoms with Crippen molar-refractivity contribution in [3.63, 3.8) is 0 Å². The number of ether oxygens (including phenoxy) is 1. The van der Waals surface area contributed by atoms with Crippen molar-refractivity contribution in [2.75, 3.05) is 0 Å². The van der Waals surface area contributed by atoms with E-state index in [0.29, 0.717) is 35.1 Å². The van der Waals surface area contributed by atoms with Crippen molar-refractivity contribution in [3.05, 3.63) is 109 Å². The first-order chi connectivity index (χ1) is 16.1. The van der Waals surface area contributed by atoms with E-state index in [-0.39, 0.29) is 17.1 Å². The lowest BCUT2D eigenvalue weighted by Gasteiger charge is -2.14. The molecule has 34 heavy (non-hydrogen) atoms. The molecule has 0 saturated heterocycles. The van der Waals surface area contributed by atoms with Gasteiger partial charge in [-0.05, 0) is 49.2 Å². The Morgan fingerprint density at radius 2 is 1.65 bits per heavy atom. The molecular formula is C25H18F3NO5. The molecule has 0 atom stereocenters. The van der Waals surface area contributed by atoms with E-state index in [2.05, 4.69) is 0 Å². The Morgan fingerprint density at radius 3 is 2.29 bits per heavy atom. The molecule has 0 amide bonds. The Kier molecular flexibility index (Phi) is 5.87. The van der Waals surface area contributed by atoms with Gasteiger partial charge in [0.15, 0.2) is 0 Å². The van der Waals surface area contributed by atoms with Crippen LogP contribution in [0.4, 0.5) is 18.9 Å². The van der Waals surface area contributed by atoms with Crippen molar-refractivity contribution in [2.24, 2.45) is 0 Å². The number of nitro benzene ring substituents is 1. The van der Waals surface area contributed by atoms with Gasteiger partial charge in [-0.2, -0.15) is 13.2 Å². The summed E-state index contributed by atoms with van der Waals surface area (Å²) < 4.78 is 50.1. The Hall–Kier alpha value is -4.14. The van der Waals surface area contributed by atoms with Crippen molar-refractivity contribution in [3.8, 4) is 11.5 Å². The Morgan fingerprint density at radius 1 is 0.971 bits per heavy atom. The molecule has 0 aliphatic rings. The second-order valence-electron chi connectivity index (χ2n) is 7.76. The third-order valence-electron chi connectivity index (χ3n) is 5.58. The van der Waals surface area contributed by atoms with Gasteiger partial charge in [-0.15, -0.1) is 0 Å². The van der Waals surface area contributed by atoms with E-state index in [1.54, 1.807) is 26.0 Å². The van der Waals surface area contributed by atoms with E-state index in [0.717, 1.165) is 17.2 Å². The van der Waals surface area contributed by atoms with Gasteiger partial charge in [0.25, 0.3) is 0 Å². The first-order valence-electron chi connectivity index (χ1n) is 10.2. The van der Waals surface area contributed by atoms with Crippen LogP contribution in [0, 0.1) is 24.0 Å². The molecule has 0 spiro atoms. The highest BCUT2D eigenvalue weighted by atomic mass is 19.4. The summed E-state index contributed by atoms with van der Waals surface area (Å²) in [5, 5.41) is 12.0. The number of alkyl halides is 3.